The summed E-state index contributed by atoms with van der Waals surface area (Å²) in [5.74, 6) is -1.73. The van der Waals surface area contributed by atoms with E-state index in [9.17, 15) is 29.1 Å². The molecule has 0 bridgehead atoms. The summed E-state index contributed by atoms with van der Waals surface area (Å²) in [6.07, 6.45) is 9.45. The Bertz CT molecular complexity index is 1910. The summed E-state index contributed by atoms with van der Waals surface area (Å²) in [5.41, 5.74) is 14.0. The van der Waals surface area contributed by atoms with E-state index in [4.69, 9.17) is 20.9 Å². The van der Waals surface area contributed by atoms with Crippen molar-refractivity contribution < 1.29 is 60.1 Å². The van der Waals surface area contributed by atoms with Gasteiger partial charge in [0.1, 0.15) is 6.04 Å². The summed E-state index contributed by atoms with van der Waals surface area (Å²) in [6, 6.07) is 25.2. The number of carbonyl (C=O) groups is 5. The molecule has 2 aromatic carbocycles. The number of aliphatic carboxylic acids is 1. The monoisotopic (exact) mass is 863 g/mol. The zero-order valence-corrected chi connectivity index (χ0v) is 35.8. The fraction of sp³-hybridized carbons (Fsp3) is 0.386. The van der Waals surface area contributed by atoms with Crippen LogP contribution in [0.1, 0.15) is 78.3 Å². The maximum absolute atomic E-state index is 12.3. The molecule has 0 unspecified atom stereocenters. The summed E-state index contributed by atoms with van der Waals surface area (Å²) in [6.45, 7) is 6.80. The number of nitrogens with two attached hydrogens (primary N) is 2. The van der Waals surface area contributed by atoms with E-state index in [2.05, 4.69) is 21.3 Å². The number of nitrogens with zero attached hydrogens (tertiary/aromatic N) is 2. The predicted octanol–water partition coefficient (Wildman–Crippen LogP) is 0.361. The fourth-order valence-electron chi connectivity index (χ4n) is 5.80. The van der Waals surface area contributed by atoms with Crippen LogP contribution < -0.4 is 54.3 Å². The number of nitrogens with one attached hydrogen (secondary N) is 4. The van der Waals surface area contributed by atoms with E-state index in [1.807, 2.05) is 81.4 Å². The summed E-state index contributed by atoms with van der Waals surface area (Å²) >= 11 is 0. The minimum Gasteiger partial charge on any atom is -1.00 e. The Morgan fingerprint density at radius 2 is 0.967 bits per heavy atom. The first kappa shape index (κ1) is 51.0. The molecule has 16 nitrogen and oxygen atoms in total. The minimum absolute atomic E-state index is 0. The molecule has 0 spiro atoms. The van der Waals surface area contributed by atoms with Gasteiger partial charge in [0.15, 0.2) is 24.8 Å². The van der Waals surface area contributed by atoms with Crippen molar-refractivity contribution in [3.8, 4) is 0 Å². The molecule has 0 saturated carbocycles. The number of carboxylic acids is 1. The number of hydrogen-bond acceptors (Lipinski definition) is 9. The number of rotatable bonds is 21. The number of hydrogen-bond donors (Lipinski definition) is 7. The van der Waals surface area contributed by atoms with Gasteiger partial charge in [0, 0.05) is 42.4 Å². The van der Waals surface area contributed by atoms with Crippen molar-refractivity contribution in [2.24, 2.45) is 11.5 Å². The lowest BCUT2D eigenvalue weighted by molar-refractivity contribution is -0.727. The first-order valence-corrected chi connectivity index (χ1v) is 20.0. The lowest BCUT2D eigenvalue weighted by Gasteiger charge is -2.14. The predicted molar refractivity (Wildman–Crippen MR) is 224 cm³/mol. The van der Waals surface area contributed by atoms with Crippen molar-refractivity contribution in [2.45, 2.75) is 96.9 Å². The molecule has 4 aromatic rings. The van der Waals surface area contributed by atoms with Crippen molar-refractivity contribution in [1.82, 2.24) is 21.3 Å². The Hall–Kier alpha value is -6.10. The van der Waals surface area contributed by atoms with Gasteiger partial charge in [-0.1, -0.05) is 60.7 Å². The number of aromatic nitrogens is 2. The summed E-state index contributed by atoms with van der Waals surface area (Å²) in [4.78, 5) is 59.7. The van der Waals surface area contributed by atoms with Crippen LogP contribution in [0.15, 0.2) is 110 Å². The second-order valence-corrected chi connectivity index (χ2v) is 14.4. The van der Waals surface area contributed by atoms with Crippen LogP contribution in [0.25, 0.3) is 0 Å². The van der Waals surface area contributed by atoms with Crippen LogP contribution in [0.2, 0.25) is 0 Å². The second kappa shape index (κ2) is 28.4. The van der Waals surface area contributed by atoms with Crippen LogP contribution in [0, 0.1) is 0 Å². The van der Waals surface area contributed by atoms with Gasteiger partial charge in [0.05, 0.1) is 11.1 Å². The van der Waals surface area contributed by atoms with E-state index in [-0.39, 0.29) is 56.3 Å². The number of carboxylic acid groups (broad SMARTS) is 1. The van der Waals surface area contributed by atoms with Crippen molar-refractivity contribution in [1.29, 1.82) is 0 Å². The summed E-state index contributed by atoms with van der Waals surface area (Å²) in [7, 11) is 0. The molecular weight excluding hydrogens is 804 g/mol. The quantitative estimate of drug-likeness (QED) is 0.0569. The highest BCUT2D eigenvalue weighted by Crippen LogP contribution is 2.06. The first-order chi connectivity index (χ1) is 28.9. The molecule has 4 rings (SSSR count). The Labute approximate surface area is 363 Å². The molecule has 330 valence electrons. The maximum Gasteiger partial charge on any atom is 0.412 e. The third kappa shape index (κ3) is 20.6. The Balaban J connectivity index is 0.000000414. The normalized spacial score (nSPS) is 12.3. The van der Waals surface area contributed by atoms with Crippen LogP contribution in [-0.2, 0) is 40.6 Å². The van der Waals surface area contributed by atoms with Crippen LogP contribution in [0.3, 0.4) is 0 Å². The summed E-state index contributed by atoms with van der Waals surface area (Å²) < 4.78 is 13.7. The van der Waals surface area contributed by atoms with Gasteiger partial charge in [-0.15, -0.1) is 0 Å². The molecule has 0 aliphatic heterocycles. The van der Waals surface area contributed by atoms with Gasteiger partial charge in [-0.2, -0.15) is 9.13 Å². The van der Waals surface area contributed by atoms with E-state index in [0.29, 0.717) is 37.1 Å². The third-order valence-corrected chi connectivity index (χ3v) is 9.01. The SMILES string of the molecule is C[C@@H](Cc1ccccc1)NC(=O)OC[n+]1ccc(C(=O)N[C@@H](CCCN)C(=O)O)cc1.C[C@H](CCCN)NC(=O)c1cc[n+](COC(=O)N[C@@H](C)Cc2ccccc2)cc1.[Cl-]. The molecule has 61 heavy (non-hydrogen) atoms. The second-order valence-electron chi connectivity index (χ2n) is 14.4. The van der Waals surface area contributed by atoms with E-state index in [1.165, 1.54) is 12.1 Å². The molecule has 4 amide bonds. The number of amides is 4. The average molecular weight is 864 g/mol. The maximum atomic E-state index is 12.3. The molecule has 2 aromatic heterocycles. The number of alkyl carbamates (subject to hydrolysis) is 2. The van der Waals surface area contributed by atoms with Gasteiger partial charge in [-0.25, -0.2) is 14.4 Å². The van der Waals surface area contributed by atoms with Crippen LogP contribution in [0.4, 0.5) is 9.59 Å². The zero-order valence-electron chi connectivity index (χ0n) is 35.0. The summed E-state index contributed by atoms with van der Waals surface area (Å²) in [5, 5.41) is 20.2. The fourth-order valence-corrected chi connectivity index (χ4v) is 5.80. The number of ether oxygens (including phenoxy) is 2. The standard InChI is InChI=1S/C22H28N4O5.C22H30N4O3.ClH/c1-16(14-17-6-3-2-4-7-17)24-22(30)31-15-26-12-9-18(10-13-26)20(27)25-19(21(28)29)8-5-11-23;1-17(7-6-12-23)24-21(27)20-10-13-26(14-11-20)16-29-22(28)25-18(2)15-19-8-4-3-5-9-19;/h2-4,6-7,9-10,12-13,16,19H,5,8,11,14-15,23H2,1H3,(H2-,24,25,27,28,29,30);3-5,8-11,13-14,17-18H,6-7,12,15-16,23H2,1-2H3,(H-,24,25,27,28);1H/p+1/t16-,19-;17-,18+;/m01./s1. The van der Waals surface area contributed by atoms with Crippen LogP contribution in [-0.4, -0.2) is 72.3 Å². The van der Waals surface area contributed by atoms with E-state index in [0.717, 1.165) is 30.4 Å². The topological polar surface area (TPSA) is 232 Å². The van der Waals surface area contributed by atoms with E-state index < -0.39 is 30.1 Å². The van der Waals surface area contributed by atoms with E-state index >= 15 is 0 Å². The molecule has 0 aliphatic carbocycles. The highest BCUT2D eigenvalue weighted by molar-refractivity contribution is 5.96. The van der Waals surface area contributed by atoms with Crippen LogP contribution >= 0.6 is 0 Å². The van der Waals surface area contributed by atoms with Gasteiger partial charge in [-0.05, 0) is 83.5 Å². The molecule has 4 atom stereocenters. The largest absolute Gasteiger partial charge is 1.00 e. The highest BCUT2D eigenvalue weighted by Gasteiger charge is 2.21. The Morgan fingerprint density at radius 1 is 0.574 bits per heavy atom. The molecule has 0 radical (unpaired) electrons. The number of benzene rings is 2. The average Bonchev–Trinajstić information content (AvgIpc) is 3.24. The Kier molecular flexibility index (Phi) is 23.7. The molecule has 0 saturated heterocycles. The lowest BCUT2D eigenvalue weighted by Crippen LogP contribution is -3.00. The molecule has 9 N–H and O–H groups in total. The zero-order chi connectivity index (χ0) is 43.7. The van der Waals surface area contributed by atoms with E-state index in [1.54, 1.807) is 46.1 Å². The third-order valence-electron chi connectivity index (χ3n) is 9.01. The van der Waals surface area contributed by atoms with Gasteiger partial charge in [0.25, 0.3) is 25.3 Å². The molecule has 0 fully saturated rings. The van der Waals surface area contributed by atoms with Gasteiger partial charge in [-0.3, -0.25) is 9.59 Å². The molecular formula is C44H60ClN8O8+. The van der Waals surface area contributed by atoms with Crippen molar-refractivity contribution in [3.05, 3.63) is 132 Å². The minimum atomic E-state index is -1.10. The van der Waals surface area contributed by atoms with Crippen molar-refractivity contribution >= 4 is 30.0 Å². The van der Waals surface area contributed by atoms with Crippen molar-refractivity contribution in [2.75, 3.05) is 13.1 Å². The number of halogens is 1. The number of carbonyl (C=O) groups excluding carboxylic acids is 4. The first-order valence-electron chi connectivity index (χ1n) is 20.0. The highest BCUT2D eigenvalue weighted by atomic mass is 35.5. The smallest absolute Gasteiger partial charge is 0.412 e. The van der Waals surface area contributed by atoms with Crippen molar-refractivity contribution in [3.63, 3.8) is 0 Å². The number of pyridine rings is 2. The molecule has 2 heterocycles. The van der Waals surface area contributed by atoms with Crippen LogP contribution in [0.5, 0.6) is 0 Å². The van der Waals surface area contributed by atoms with Gasteiger partial charge >= 0.3 is 18.2 Å². The van der Waals surface area contributed by atoms with Gasteiger partial charge in [0.2, 0.25) is 0 Å². The molecule has 0 aliphatic rings. The van der Waals surface area contributed by atoms with Gasteiger partial charge < -0.3 is 59.7 Å². The Morgan fingerprint density at radius 3 is 1.36 bits per heavy atom. The lowest BCUT2D eigenvalue weighted by atomic mass is 10.1. The molecule has 17 heteroatoms.